The second kappa shape index (κ2) is 8.00. The van der Waals surface area contributed by atoms with Crippen LogP contribution in [0.3, 0.4) is 0 Å². The Labute approximate surface area is 159 Å². The van der Waals surface area contributed by atoms with E-state index in [0.717, 1.165) is 23.8 Å². The summed E-state index contributed by atoms with van der Waals surface area (Å²) < 4.78 is 43.5. The summed E-state index contributed by atoms with van der Waals surface area (Å²) in [7, 11) is 0. The van der Waals surface area contributed by atoms with E-state index in [1.165, 1.54) is 6.92 Å². The van der Waals surface area contributed by atoms with Crippen LogP contribution < -0.4 is 5.32 Å². The predicted molar refractivity (Wildman–Crippen MR) is 95.9 cm³/mol. The Kier molecular flexibility index (Phi) is 6.15. The number of halogens is 4. The van der Waals surface area contributed by atoms with E-state index in [2.05, 4.69) is 5.32 Å². The van der Waals surface area contributed by atoms with Gasteiger partial charge in [0.05, 0.1) is 21.8 Å². The molecule has 0 aliphatic carbocycles. The van der Waals surface area contributed by atoms with Gasteiger partial charge in [0.15, 0.2) is 6.10 Å². The van der Waals surface area contributed by atoms with Gasteiger partial charge in [0, 0.05) is 0 Å². The summed E-state index contributed by atoms with van der Waals surface area (Å²) in [4.78, 5) is 24.4. The quantitative estimate of drug-likeness (QED) is 0.722. The van der Waals surface area contributed by atoms with Crippen LogP contribution in [0.2, 0.25) is 5.02 Å². The summed E-state index contributed by atoms with van der Waals surface area (Å²) in [6, 6.07) is 7.68. The summed E-state index contributed by atoms with van der Waals surface area (Å²) in [5.41, 5.74) is 0.785. The Bertz CT molecular complexity index is 881. The maximum absolute atomic E-state index is 12.8. The lowest BCUT2D eigenvalue weighted by Crippen LogP contribution is -2.30. The van der Waals surface area contributed by atoms with Crippen molar-refractivity contribution in [2.24, 2.45) is 0 Å². The largest absolute Gasteiger partial charge is 0.449 e. The molecule has 27 heavy (non-hydrogen) atoms. The molecule has 1 N–H and O–H groups in total. The van der Waals surface area contributed by atoms with Crippen molar-refractivity contribution in [1.82, 2.24) is 0 Å². The summed E-state index contributed by atoms with van der Waals surface area (Å²) in [5.74, 6) is -1.50. The van der Waals surface area contributed by atoms with Gasteiger partial charge in [0.25, 0.3) is 5.91 Å². The normalized spacial score (nSPS) is 12.4. The van der Waals surface area contributed by atoms with Crippen LogP contribution in [-0.2, 0) is 15.7 Å². The molecule has 0 saturated carbocycles. The van der Waals surface area contributed by atoms with E-state index in [1.54, 1.807) is 25.1 Å². The van der Waals surface area contributed by atoms with Crippen molar-refractivity contribution in [1.29, 1.82) is 0 Å². The second-order valence-electron chi connectivity index (χ2n) is 6.05. The molecule has 2 rings (SSSR count). The van der Waals surface area contributed by atoms with Crippen LogP contribution in [-0.4, -0.2) is 18.0 Å². The van der Waals surface area contributed by atoms with E-state index < -0.39 is 29.7 Å². The monoisotopic (exact) mass is 399 g/mol. The van der Waals surface area contributed by atoms with Crippen molar-refractivity contribution >= 4 is 29.2 Å². The number of anilines is 1. The van der Waals surface area contributed by atoms with Crippen LogP contribution in [0, 0.1) is 13.8 Å². The second-order valence-corrected chi connectivity index (χ2v) is 6.45. The number of nitrogens with one attached hydrogen (secondary N) is 1. The van der Waals surface area contributed by atoms with Crippen molar-refractivity contribution in [3.8, 4) is 0 Å². The SMILES string of the molecule is Cc1ccc(C(=O)O[C@@H](C)C(=O)Nc2cc(C(F)(F)F)ccc2Cl)c(C)c1. The van der Waals surface area contributed by atoms with Crippen molar-refractivity contribution in [2.45, 2.75) is 33.1 Å². The molecular formula is C19H17ClF3NO3. The summed E-state index contributed by atoms with van der Waals surface area (Å²) >= 11 is 5.84. The predicted octanol–water partition coefficient (Wildman–Crippen LogP) is 5.16. The highest BCUT2D eigenvalue weighted by atomic mass is 35.5. The fourth-order valence-electron chi connectivity index (χ4n) is 2.35. The molecule has 4 nitrogen and oxygen atoms in total. The number of esters is 1. The van der Waals surface area contributed by atoms with E-state index in [-0.39, 0.29) is 10.7 Å². The Morgan fingerprint density at radius 3 is 2.37 bits per heavy atom. The third-order valence-electron chi connectivity index (χ3n) is 3.81. The molecule has 2 aromatic rings. The first-order valence-electron chi connectivity index (χ1n) is 7.95. The third kappa shape index (κ3) is 5.23. The fourth-order valence-corrected chi connectivity index (χ4v) is 2.52. The Hall–Kier alpha value is -2.54. The van der Waals surface area contributed by atoms with Crippen molar-refractivity contribution in [3.63, 3.8) is 0 Å². The molecule has 144 valence electrons. The molecule has 0 radical (unpaired) electrons. The lowest BCUT2D eigenvalue weighted by atomic mass is 10.1. The van der Waals surface area contributed by atoms with Crippen LogP contribution in [0.25, 0.3) is 0 Å². The van der Waals surface area contributed by atoms with E-state index in [9.17, 15) is 22.8 Å². The fraction of sp³-hybridized carbons (Fsp3) is 0.263. The van der Waals surface area contributed by atoms with Gasteiger partial charge in [0.2, 0.25) is 0 Å². The average Bonchev–Trinajstić information content (AvgIpc) is 2.55. The number of carbonyl (C=O) groups excluding carboxylic acids is 2. The smallest absolute Gasteiger partial charge is 0.416 e. The van der Waals surface area contributed by atoms with Crippen LogP contribution >= 0.6 is 11.6 Å². The number of ether oxygens (including phenoxy) is 1. The number of alkyl halides is 3. The highest BCUT2D eigenvalue weighted by Crippen LogP contribution is 2.33. The van der Waals surface area contributed by atoms with Crippen molar-refractivity contribution in [2.75, 3.05) is 5.32 Å². The van der Waals surface area contributed by atoms with E-state index in [0.29, 0.717) is 11.1 Å². The standard InChI is InChI=1S/C19H17ClF3NO3/c1-10-4-6-14(11(2)8-10)18(26)27-12(3)17(25)24-16-9-13(19(21,22)23)5-7-15(16)20/h4-9,12H,1-3H3,(H,24,25)/t12-/m0/s1. The molecule has 0 heterocycles. The molecule has 0 fully saturated rings. The van der Waals surface area contributed by atoms with E-state index >= 15 is 0 Å². The molecule has 0 spiro atoms. The molecule has 0 saturated heterocycles. The molecule has 0 aromatic heterocycles. The maximum atomic E-state index is 12.8. The zero-order chi connectivity index (χ0) is 20.4. The maximum Gasteiger partial charge on any atom is 0.416 e. The van der Waals surface area contributed by atoms with E-state index in [1.807, 2.05) is 6.92 Å². The number of benzene rings is 2. The molecule has 0 unspecified atom stereocenters. The summed E-state index contributed by atoms with van der Waals surface area (Å²) in [5, 5.41) is 2.19. The lowest BCUT2D eigenvalue weighted by molar-refractivity contribution is -0.137. The van der Waals surface area contributed by atoms with Crippen molar-refractivity contribution < 1.29 is 27.5 Å². The van der Waals surface area contributed by atoms with E-state index in [4.69, 9.17) is 16.3 Å². The zero-order valence-corrected chi connectivity index (χ0v) is 15.5. The minimum atomic E-state index is -4.58. The molecule has 1 amide bonds. The Morgan fingerprint density at radius 2 is 1.78 bits per heavy atom. The van der Waals surface area contributed by atoms with Crippen LogP contribution in [0.5, 0.6) is 0 Å². The number of carbonyl (C=O) groups is 2. The summed E-state index contributed by atoms with van der Waals surface area (Å²) in [6.07, 6.45) is -5.81. The van der Waals surface area contributed by atoms with Crippen molar-refractivity contribution in [3.05, 3.63) is 63.7 Å². The third-order valence-corrected chi connectivity index (χ3v) is 4.14. The van der Waals surface area contributed by atoms with Gasteiger partial charge < -0.3 is 10.1 Å². The number of hydrogen-bond donors (Lipinski definition) is 1. The zero-order valence-electron chi connectivity index (χ0n) is 14.8. The number of amides is 1. The van der Waals surface area contributed by atoms with Gasteiger partial charge >= 0.3 is 12.1 Å². The minimum absolute atomic E-state index is 0.0655. The van der Waals surface area contributed by atoms with Gasteiger partial charge in [-0.15, -0.1) is 0 Å². The number of rotatable bonds is 4. The molecule has 0 aliphatic rings. The van der Waals surface area contributed by atoms with Crippen LogP contribution in [0.15, 0.2) is 36.4 Å². The van der Waals surface area contributed by atoms with Crippen LogP contribution in [0.1, 0.15) is 34.0 Å². The molecule has 1 atom stereocenters. The highest BCUT2D eigenvalue weighted by molar-refractivity contribution is 6.33. The first kappa shape index (κ1) is 20.8. The molecule has 2 aromatic carbocycles. The number of aryl methyl sites for hydroxylation is 2. The first-order chi connectivity index (χ1) is 12.5. The molecule has 0 aliphatic heterocycles. The molecular weight excluding hydrogens is 383 g/mol. The number of hydrogen-bond acceptors (Lipinski definition) is 3. The lowest BCUT2D eigenvalue weighted by Gasteiger charge is -2.16. The van der Waals surface area contributed by atoms with Gasteiger partial charge in [-0.1, -0.05) is 29.3 Å². The van der Waals surface area contributed by atoms with Crippen LogP contribution in [0.4, 0.5) is 18.9 Å². The first-order valence-corrected chi connectivity index (χ1v) is 8.32. The summed E-state index contributed by atoms with van der Waals surface area (Å²) in [6.45, 7) is 4.92. The van der Waals surface area contributed by atoms with Gasteiger partial charge in [-0.05, 0) is 50.6 Å². The highest BCUT2D eigenvalue weighted by Gasteiger charge is 2.31. The topological polar surface area (TPSA) is 55.4 Å². The molecule has 8 heteroatoms. The molecule has 0 bridgehead atoms. The van der Waals surface area contributed by atoms with Gasteiger partial charge in [-0.3, -0.25) is 4.79 Å². The minimum Gasteiger partial charge on any atom is -0.449 e. The van der Waals surface area contributed by atoms with Gasteiger partial charge in [0.1, 0.15) is 0 Å². The average molecular weight is 400 g/mol. The Morgan fingerprint density at radius 1 is 1.11 bits per heavy atom. The Balaban J connectivity index is 2.11. The van der Waals surface area contributed by atoms with Gasteiger partial charge in [-0.25, -0.2) is 4.79 Å². The van der Waals surface area contributed by atoms with Gasteiger partial charge in [-0.2, -0.15) is 13.2 Å².